The zero-order valence-electron chi connectivity index (χ0n) is 13.9. The van der Waals surface area contributed by atoms with Gasteiger partial charge in [0, 0.05) is 11.3 Å². The first-order valence-corrected chi connectivity index (χ1v) is 8.27. The molecule has 128 valence electrons. The molecule has 7 nitrogen and oxygen atoms in total. The van der Waals surface area contributed by atoms with E-state index < -0.39 is 0 Å². The fourth-order valence-corrected chi connectivity index (χ4v) is 3.14. The maximum absolute atomic E-state index is 12.3. The Bertz CT molecular complexity index is 895. The number of aromatic nitrogens is 4. The van der Waals surface area contributed by atoms with E-state index in [9.17, 15) is 4.79 Å². The van der Waals surface area contributed by atoms with Gasteiger partial charge in [0.25, 0.3) is 5.91 Å². The fraction of sp³-hybridized carbons (Fsp3) is 0.278. The van der Waals surface area contributed by atoms with E-state index in [1.165, 1.54) is 11.3 Å². The Morgan fingerprint density at radius 2 is 2.04 bits per heavy atom. The van der Waals surface area contributed by atoms with Gasteiger partial charge in [-0.25, -0.2) is 0 Å². The summed E-state index contributed by atoms with van der Waals surface area (Å²) in [5, 5.41) is 17.3. The quantitative estimate of drug-likeness (QED) is 0.665. The molecule has 0 fully saturated rings. The number of carbonyl (C=O) groups is 1. The SMILES string of the molecule is COc1ccc(-c2cc(C(=O)NCc3n[nH]c4c3CCC4)[nH]n2)cc1. The van der Waals surface area contributed by atoms with E-state index in [1.54, 1.807) is 13.2 Å². The molecular weight excluding hydrogens is 318 g/mol. The molecule has 0 saturated heterocycles. The maximum Gasteiger partial charge on any atom is 0.269 e. The molecular formula is C18H19N5O2. The van der Waals surface area contributed by atoms with Crippen molar-refractivity contribution in [3.63, 3.8) is 0 Å². The second-order valence-electron chi connectivity index (χ2n) is 6.06. The summed E-state index contributed by atoms with van der Waals surface area (Å²) in [4.78, 5) is 12.3. The molecule has 7 heteroatoms. The van der Waals surface area contributed by atoms with E-state index in [1.807, 2.05) is 24.3 Å². The minimum Gasteiger partial charge on any atom is -0.497 e. The summed E-state index contributed by atoms with van der Waals surface area (Å²) in [6, 6.07) is 9.28. The van der Waals surface area contributed by atoms with E-state index in [0.717, 1.165) is 36.3 Å². The minimum atomic E-state index is -0.193. The van der Waals surface area contributed by atoms with E-state index in [2.05, 4.69) is 25.7 Å². The number of aromatic amines is 2. The van der Waals surface area contributed by atoms with Crippen molar-refractivity contribution in [1.29, 1.82) is 0 Å². The summed E-state index contributed by atoms with van der Waals surface area (Å²) in [5.74, 6) is 0.589. The number of fused-ring (bicyclic) bond motifs is 1. The Balaban J connectivity index is 1.43. The molecule has 1 aromatic carbocycles. The van der Waals surface area contributed by atoms with Crippen LogP contribution in [0.5, 0.6) is 5.75 Å². The Morgan fingerprint density at radius 1 is 1.20 bits per heavy atom. The van der Waals surface area contributed by atoms with Gasteiger partial charge in [-0.3, -0.25) is 15.0 Å². The summed E-state index contributed by atoms with van der Waals surface area (Å²) >= 11 is 0. The van der Waals surface area contributed by atoms with Crippen LogP contribution in [0.15, 0.2) is 30.3 Å². The van der Waals surface area contributed by atoms with E-state index >= 15 is 0 Å². The molecule has 0 radical (unpaired) electrons. The predicted octanol–water partition coefficient (Wildman–Crippen LogP) is 2.23. The van der Waals surface area contributed by atoms with Crippen molar-refractivity contribution in [2.45, 2.75) is 25.8 Å². The zero-order valence-corrected chi connectivity index (χ0v) is 13.9. The highest BCUT2D eigenvalue weighted by Gasteiger charge is 2.19. The number of methoxy groups -OCH3 is 1. The maximum atomic E-state index is 12.3. The molecule has 2 aromatic heterocycles. The van der Waals surface area contributed by atoms with Gasteiger partial charge in [0.05, 0.1) is 25.0 Å². The van der Waals surface area contributed by atoms with Gasteiger partial charge in [-0.15, -0.1) is 0 Å². The third kappa shape index (κ3) is 3.00. The Labute approximate surface area is 144 Å². The van der Waals surface area contributed by atoms with Crippen LogP contribution in [0.2, 0.25) is 0 Å². The van der Waals surface area contributed by atoms with Crippen LogP contribution in [-0.4, -0.2) is 33.4 Å². The van der Waals surface area contributed by atoms with Gasteiger partial charge < -0.3 is 10.1 Å². The van der Waals surface area contributed by atoms with Gasteiger partial charge >= 0.3 is 0 Å². The molecule has 1 aliphatic carbocycles. The van der Waals surface area contributed by atoms with Gasteiger partial charge in [0.2, 0.25) is 0 Å². The predicted molar refractivity (Wildman–Crippen MR) is 92.4 cm³/mol. The number of hydrogen-bond acceptors (Lipinski definition) is 4. The first-order chi connectivity index (χ1) is 12.2. The van der Waals surface area contributed by atoms with Gasteiger partial charge in [0.15, 0.2) is 0 Å². The molecule has 0 unspecified atom stereocenters. The van der Waals surface area contributed by atoms with Crippen molar-refractivity contribution >= 4 is 5.91 Å². The van der Waals surface area contributed by atoms with Crippen LogP contribution in [0.3, 0.4) is 0 Å². The summed E-state index contributed by atoms with van der Waals surface area (Å²) in [6.45, 7) is 0.418. The number of ether oxygens (including phenoxy) is 1. The molecule has 1 amide bonds. The summed E-state index contributed by atoms with van der Waals surface area (Å²) < 4.78 is 5.15. The summed E-state index contributed by atoms with van der Waals surface area (Å²) in [6.07, 6.45) is 3.22. The smallest absolute Gasteiger partial charge is 0.269 e. The number of H-pyrrole nitrogens is 2. The van der Waals surface area contributed by atoms with Crippen LogP contribution < -0.4 is 10.1 Å². The number of amides is 1. The zero-order chi connectivity index (χ0) is 17.2. The molecule has 0 saturated carbocycles. The third-order valence-electron chi connectivity index (χ3n) is 4.52. The second kappa shape index (κ2) is 6.43. The van der Waals surface area contributed by atoms with Crippen LogP contribution >= 0.6 is 0 Å². The molecule has 0 atom stereocenters. The van der Waals surface area contributed by atoms with Crippen LogP contribution in [0.4, 0.5) is 0 Å². The average Bonchev–Trinajstić information content (AvgIpc) is 3.37. The number of rotatable bonds is 5. The molecule has 4 rings (SSSR count). The fourth-order valence-electron chi connectivity index (χ4n) is 3.14. The van der Waals surface area contributed by atoms with Crippen LogP contribution in [0, 0.1) is 0 Å². The van der Waals surface area contributed by atoms with Crippen LogP contribution in [-0.2, 0) is 19.4 Å². The highest BCUT2D eigenvalue weighted by molar-refractivity contribution is 5.93. The normalized spacial score (nSPS) is 12.8. The van der Waals surface area contributed by atoms with Gasteiger partial charge in [0.1, 0.15) is 11.4 Å². The van der Waals surface area contributed by atoms with Crippen LogP contribution in [0.1, 0.15) is 33.9 Å². The van der Waals surface area contributed by atoms with E-state index in [0.29, 0.717) is 17.9 Å². The number of carbonyl (C=O) groups excluding carboxylic acids is 1. The number of nitrogens with zero attached hydrogens (tertiary/aromatic N) is 2. The Morgan fingerprint density at radius 3 is 2.84 bits per heavy atom. The molecule has 1 aliphatic rings. The van der Waals surface area contributed by atoms with E-state index in [4.69, 9.17) is 4.74 Å². The lowest BCUT2D eigenvalue weighted by Crippen LogP contribution is -2.23. The Hall–Kier alpha value is -3.09. The topological polar surface area (TPSA) is 95.7 Å². The van der Waals surface area contributed by atoms with Gasteiger partial charge in [-0.2, -0.15) is 10.2 Å². The number of aryl methyl sites for hydroxylation is 1. The first-order valence-electron chi connectivity index (χ1n) is 8.27. The Kier molecular flexibility index (Phi) is 3.97. The molecule has 2 heterocycles. The third-order valence-corrected chi connectivity index (χ3v) is 4.52. The average molecular weight is 337 g/mol. The highest BCUT2D eigenvalue weighted by Crippen LogP contribution is 2.23. The molecule has 3 N–H and O–H groups in total. The van der Waals surface area contributed by atoms with Crippen molar-refractivity contribution in [2.24, 2.45) is 0 Å². The van der Waals surface area contributed by atoms with Crippen molar-refractivity contribution in [3.05, 3.63) is 53.0 Å². The van der Waals surface area contributed by atoms with Crippen molar-refractivity contribution in [2.75, 3.05) is 7.11 Å². The van der Waals surface area contributed by atoms with Crippen LogP contribution in [0.25, 0.3) is 11.3 Å². The van der Waals surface area contributed by atoms with Crippen molar-refractivity contribution in [3.8, 4) is 17.0 Å². The summed E-state index contributed by atoms with van der Waals surface area (Å²) in [5.41, 5.74) is 5.44. The lowest BCUT2D eigenvalue weighted by atomic mass is 10.1. The van der Waals surface area contributed by atoms with Crippen molar-refractivity contribution in [1.82, 2.24) is 25.7 Å². The monoisotopic (exact) mass is 337 g/mol. The van der Waals surface area contributed by atoms with Gasteiger partial charge in [-0.05, 0) is 55.2 Å². The number of benzene rings is 1. The molecule has 3 aromatic rings. The number of nitrogens with one attached hydrogen (secondary N) is 3. The molecule has 0 spiro atoms. The number of hydrogen-bond donors (Lipinski definition) is 3. The lowest BCUT2D eigenvalue weighted by molar-refractivity contribution is 0.0945. The largest absolute Gasteiger partial charge is 0.497 e. The highest BCUT2D eigenvalue weighted by atomic mass is 16.5. The van der Waals surface area contributed by atoms with Crippen molar-refractivity contribution < 1.29 is 9.53 Å². The standard InChI is InChI=1S/C18H19N5O2/c1-25-12-7-5-11(6-8-12)15-9-16(22-21-15)18(24)19-10-17-13-3-2-4-14(13)20-23-17/h5-9H,2-4,10H2,1H3,(H,19,24)(H,20,23)(H,21,22). The van der Waals surface area contributed by atoms with Gasteiger partial charge in [-0.1, -0.05) is 0 Å². The molecule has 25 heavy (non-hydrogen) atoms. The molecule has 0 aliphatic heterocycles. The lowest BCUT2D eigenvalue weighted by Gasteiger charge is -2.02. The second-order valence-corrected chi connectivity index (χ2v) is 6.06. The first kappa shape index (κ1) is 15.4. The minimum absolute atomic E-state index is 0.193. The van der Waals surface area contributed by atoms with E-state index in [-0.39, 0.29) is 5.91 Å². The summed E-state index contributed by atoms with van der Waals surface area (Å²) in [7, 11) is 1.63. The molecule has 0 bridgehead atoms.